The highest BCUT2D eigenvalue weighted by Gasteiger charge is 2.28. The van der Waals surface area contributed by atoms with E-state index in [4.69, 9.17) is 0 Å². The van der Waals surface area contributed by atoms with E-state index in [1.807, 2.05) is 4.90 Å². The highest BCUT2D eigenvalue weighted by molar-refractivity contribution is 5.99. The Labute approximate surface area is 120 Å². The minimum Gasteiger partial charge on any atom is -0.366 e. The van der Waals surface area contributed by atoms with Gasteiger partial charge in [0.05, 0.1) is 5.69 Å². The third kappa shape index (κ3) is 3.01. The number of para-hydroxylation sites is 1. The molecule has 1 saturated heterocycles. The summed E-state index contributed by atoms with van der Waals surface area (Å²) in [6, 6.07) is 4.73. The van der Waals surface area contributed by atoms with Crippen molar-refractivity contribution >= 4 is 11.5 Å². The Balaban J connectivity index is 2.21. The van der Waals surface area contributed by atoms with Gasteiger partial charge in [-0.2, -0.15) is 0 Å². The van der Waals surface area contributed by atoms with Crippen molar-refractivity contribution in [3.63, 3.8) is 0 Å². The smallest absolute Gasteiger partial charge is 0.161 e. The Kier molecular flexibility index (Phi) is 4.14. The van der Waals surface area contributed by atoms with E-state index < -0.39 is 0 Å². The summed E-state index contributed by atoms with van der Waals surface area (Å²) in [5, 5.41) is 0. The van der Waals surface area contributed by atoms with Crippen molar-refractivity contribution in [2.45, 2.75) is 33.2 Å². The third-order valence-corrected chi connectivity index (χ3v) is 3.91. The first kappa shape index (κ1) is 15.0. The zero-order chi connectivity index (χ0) is 14.9. The second-order valence-corrected chi connectivity index (χ2v) is 6.34. The number of carbonyl (C=O) groups excluding carboxylic acids is 1. The molecule has 0 bridgehead atoms. The highest BCUT2D eigenvalue weighted by atomic mass is 19.1. The Morgan fingerprint density at radius 2 is 1.75 bits per heavy atom. The number of hydrogen-bond donors (Lipinski definition) is 0. The molecule has 1 aromatic carbocycles. The average molecular weight is 278 g/mol. The predicted octanol–water partition coefficient (Wildman–Crippen LogP) is 2.95. The molecule has 0 radical (unpaired) electrons. The van der Waals surface area contributed by atoms with Gasteiger partial charge in [0.15, 0.2) is 5.78 Å². The molecule has 0 unspecified atom stereocenters. The molecule has 1 fully saturated rings. The quantitative estimate of drug-likeness (QED) is 0.777. The van der Waals surface area contributed by atoms with Crippen molar-refractivity contribution < 1.29 is 9.18 Å². The van der Waals surface area contributed by atoms with Crippen LogP contribution in [0.4, 0.5) is 10.1 Å². The first-order chi connectivity index (χ1) is 9.30. The number of hydrogen-bond acceptors (Lipinski definition) is 3. The monoisotopic (exact) mass is 278 g/mol. The molecule has 0 spiro atoms. The van der Waals surface area contributed by atoms with E-state index >= 15 is 0 Å². The van der Waals surface area contributed by atoms with Crippen molar-refractivity contribution in [3.8, 4) is 0 Å². The molecule has 0 saturated carbocycles. The molecule has 1 aliphatic rings. The molecule has 1 aromatic rings. The van der Waals surface area contributed by atoms with Crippen LogP contribution >= 0.6 is 0 Å². The fourth-order valence-corrected chi connectivity index (χ4v) is 2.72. The van der Waals surface area contributed by atoms with Gasteiger partial charge in [0.2, 0.25) is 0 Å². The molecule has 1 aliphatic heterocycles. The number of carbonyl (C=O) groups is 1. The van der Waals surface area contributed by atoms with Crippen molar-refractivity contribution in [2.75, 3.05) is 31.1 Å². The summed E-state index contributed by atoms with van der Waals surface area (Å²) in [5.41, 5.74) is 1.08. The summed E-state index contributed by atoms with van der Waals surface area (Å²) < 4.78 is 14.1. The molecule has 0 amide bonds. The standard InChI is InChI=1S/C16H23FN2O/c1-12(20)13-6-5-7-14(17)15(13)18-8-10-19(11-9-18)16(2,3)4/h5-7H,8-11H2,1-4H3. The van der Waals surface area contributed by atoms with E-state index in [-0.39, 0.29) is 17.1 Å². The van der Waals surface area contributed by atoms with Gasteiger partial charge in [0.1, 0.15) is 5.82 Å². The second kappa shape index (κ2) is 5.52. The van der Waals surface area contributed by atoms with Crippen LogP contribution in [0.1, 0.15) is 38.1 Å². The SMILES string of the molecule is CC(=O)c1cccc(F)c1N1CCN(C(C)(C)C)CC1. The number of ketones is 1. The predicted molar refractivity (Wildman–Crippen MR) is 79.9 cm³/mol. The van der Waals surface area contributed by atoms with E-state index in [1.165, 1.54) is 13.0 Å². The van der Waals surface area contributed by atoms with Crippen molar-refractivity contribution in [3.05, 3.63) is 29.6 Å². The van der Waals surface area contributed by atoms with Crippen LogP contribution in [-0.4, -0.2) is 42.4 Å². The van der Waals surface area contributed by atoms with E-state index in [2.05, 4.69) is 25.7 Å². The number of Topliss-reactive ketones (excluding diaryl/α,β-unsaturated/α-hetero) is 1. The van der Waals surface area contributed by atoms with E-state index in [0.717, 1.165) is 26.2 Å². The molecule has 0 aliphatic carbocycles. The zero-order valence-corrected chi connectivity index (χ0v) is 12.7. The van der Waals surface area contributed by atoms with Crippen molar-refractivity contribution in [1.29, 1.82) is 0 Å². The van der Waals surface area contributed by atoms with E-state index in [1.54, 1.807) is 12.1 Å². The van der Waals surface area contributed by atoms with Gasteiger partial charge in [0, 0.05) is 37.3 Å². The third-order valence-electron chi connectivity index (χ3n) is 3.91. The Morgan fingerprint density at radius 1 is 1.15 bits per heavy atom. The van der Waals surface area contributed by atoms with Gasteiger partial charge >= 0.3 is 0 Å². The fourth-order valence-electron chi connectivity index (χ4n) is 2.72. The van der Waals surface area contributed by atoms with Gasteiger partial charge in [-0.3, -0.25) is 9.69 Å². The molecule has 110 valence electrons. The highest BCUT2D eigenvalue weighted by Crippen LogP contribution is 2.27. The van der Waals surface area contributed by atoms with Crippen molar-refractivity contribution in [2.24, 2.45) is 0 Å². The minimum absolute atomic E-state index is 0.0854. The molecule has 0 aromatic heterocycles. The zero-order valence-electron chi connectivity index (χ0n) is 12.7. The maximum atomic E-state index is 14.1. The average Bonchev–Trinajstić information content (AvgIpc) is 2.37. The summed E-state index contributed by atoms with van der Waals surface area (Å²) in [5.74, 6) is -0.389. The second-order valence-electron chi connectivity index (χ2n) is 6.34. The van der Waals surface area contributed by atoms with Gasteiger partial charge in [-0.1, -0.05) is 6.07 Å². The molecule has 3 nitrogen and oxygen atoms in total. The topological polar surface area (TPSA) is 23.6 Å². The van der Waals surface area contributed by atoms with Gasteiger partial charge in [-0.25, -0.2) is 4.39 Å². The van der Waals surface area contributed by atoms with Gasteiger partial charge in [-0.15, -0.1) is 0 Å². The summed E-state index contributed by atoms with van der Waals surface area (Å²) in [6.07, 6.45) is 0. The molecular weight excluding hydrogens is 255 g/mol. The summed E-state index contributed by atoms with van der Waals surface area (Å²) >= 11 is 0. The molecule has 0 atom stereocenters. The van der Waals surface area contributed by atoms with Crippen LogP contribution in [0, 0.1) is 5.82 Å². The summed E-state index contributed by atoms with van der Waals surface area (Å²) in [7, 11) is 0. The first-order valence-corrected chi connectivity index (χ1v) is 7.10. The van der Waals surface area contributed by atoms with E-state index in [0.29, 0.717) is 11.3 Å². The largest absolute Gasteiger partial charge is 0.366 e. The molecule has 2 rings (SSSR count). The Morgan fingerprint density at radius 3 is 2.25 bits per heavy atom. The molecule has 0 N–H and O–H groups in total. The van der Waals surface area contributed by atoms with Gasteiger partial charge in [0.25, 0.3) is 0 Å². The lowest BCUT2D eigenvalue weighted by molar-refractivity contribution is 0.101. The van der Waals surface area contributed by atoms with Crippen molar-refractivity contribution in [1.82, 2.24) is 4.90 Å². The van der Waals surface area contributed by atoms with Crippen LogP contribution in [0.5, 0.6) is 0 Å². The number of anilines is 1. The maximum absolute atomic E-state index is 14.1. The normalized spacial score (nSPS) is 17.4. The lowest BCUT2D eigenvalue weighted by Gasteiger charge is -2.43. The lowest BCUT2D eigenvalue weighted by Crippen LogP contribution is -2.53. The van der Waals surface area contributed by atoms with Crippen LogP contribution < -0.4 is 4.90 Å². The molecular formula is C16H23FN2O. The number of rotatable bonds is 2. The molecule has 1 heterocycles. The maximum Gasteiger partial charge on any atom is 0.161 e. The number of benzene rings is 1. The van der Waals surface area contributed by atoms with Crippen LogP contribution in [-0.2, 0) is 0 Å². The number of piperazine rings is 1. The number of halogens is 1. The fraction of sp³-hybridized carbons (Fsp3) is 0.562. The lowest BCUT2D eigenvalue weighted by atomic mass is 10.0. The number of nitrogens with zero attached hydrogens (tertiary/aromatic N) is 2. The van der Waals surface area contributed by atoms with Gasteiger partial charge in [-0.05, 0) is 39.8 Å². The first-order valence-electron chi connectivity index (χ1n) is 7.10. The van der Waals surface area contributed by atoms with Crippen LogP contribution in [0.2, 0.25) is 0 Å². The molecule has 20 heavy (non-hydrogen) atoms. The minimum atomic E-state index is -0.304. The van der Waals surface area contributed by atoms with Crippen LogP contribution in [0.3, 0.4) is 0 Å². The van der Waals surface area contributed by atoms with Gasteiger partial charge < -0.3 is 4.90 Å². The Bertz CT molecular complexity index is 500. The van der Waals surface area contributed by atoms with Crippen LogP contribution in [0.15, 0.2) is 18.2 Å². The summed E-state index contributed by atoms with van der Waals surface area (Å²) in [4.78, 5) is 16.1. The summed E-state index contributed by atoms with van der Waals surface area (Å²) in [6.45, 7) is 11.3. The Hall–Kier alpha value is -1.42. The molecule has 4 heteroatoms. The van der Waals surface area contributed by atoms with Crippen LogP contribution in [0.25, 0.3) is 0 Å². The van der Waals surface area contributed by atoms with E-state index in [9.17, 15) is 9.18 Å².